The molecule has 3 heteroatoms. The van der Waals surface area contributed by atoms with E-state index < -0.39 is 0 Å². The maximum absolute atomic E-state index is 6.08. The Hall–Kier alpha value is -1.22. The molecule has 2 rings (SSSR count). The lowest BCUT2D eigenvalue weighted by Gasteiger charge is -2.23. The van der Waals surface area contributed by atoms with Crippen molar-refractivity contribution in [2.75, 3.05) is 18.4 Å². The van der Waals surface area contributed by atoms with E-state index in [1.165, 1.54) is 44.9 Å². The van der Waals surface area contributed by atoms with Gasteiger partial charge in [0, 0.05) is 18.3 Å². The quantitative estimate of drug-likeness (QED) is 0.707. The minimum absolute atomic E-state index is 0.420. The van der Waals surface area contributed by atoms with Crippen LogP contribution in [0.3, 0.4) is 0 Å². The number of benzene rings is 1. The Morgan fingerprint density at radius 2 is 1.95 bits per heavy atom. The van der Waals surface area contributed by atoms with E-state index in [9.17, 15) is 0 Å². The summed E-state index contributed by atoms with van der Waals surface area (Å²) in [5.41, 5.74) is 6.65. The van der Waals surface area contributed by atoms with Gasteiger partial charge in [0.15, 0.2) is 0 Å². The Kier molecular flexibility index (Phi) is 6.72. The van der Waals surface area contributed by atoms with Gasteiger partial charge < -0.3 is 15.8 Å². The van der Waals surface area contributed by atoms with Crippen LogP contribution in [0, 0.1) is 0 Å². The van der Waals surface area contributed by atoms with Gasteiger partial charge >= 0.3 is 0 Å². The molecule has 1 saturated carbocycles. The van der Waals surface area contributed by atoms with Crippen molar-refractivity contribution in [3.63, 3.8) is 0 Å². The topological polar surface area (TPSA) is 47.3 Å². The van der Waals surface area contributed by atoms with Crippen molar-refractivity contribution in [3.8, 4) is 5.75 Å². The lowest BCUT2D eigenvalue weighted by Crippen LogP contribution is -2.19. The fraction of sp³-hybridized carbons (Fsp3) is 0.647. The number of hydrogen-bond acceptors (Lipinski definition) is 3. The van der Waals surface area contributed by atoms with E-state index >= 15 is 0 Å². The Bertz CT molecular complexity index is 375. The van der Waals surface area contributed by atoms with Gasteiger partial charge in [-0.15, -0.1) is 0 Å². The van der Waals surface area contributed by atoms with Crippen molar-refractivity contribution in [2.45, 2.75) is 57.5 Å². The molecule has 0 heterocycles. The van der Waals surface area contributed by atoms with Gasteiger partial charge in [0.2, 0.25) is 0 Å². The summed E-state index contributed by atoms with van der Waals surface area (Å²) in [5.74, 6) is 1.00. The van der Waals surface area contributed by atoms with E-state index in [0.717, 1.165) is 30.9 Å². The molecule has 1 fully saturated rings. The molecule has 0 bridgehead atoms. The zero-order valence-electron chi connectivity index (χ0n) is 12.4. The van der Waals surface area contributed by atoms with Gasteiger partial charge in [-0.05, 0) is 57.2 Å². The number of nitrogens with two attached hydrogens (primary N) is 1. The van der Waals surface area contributed by atoms with E-state index in [4.69, 9.17) is 10.5 Å². The third kappa shape index (κ3) is 5.41. The van der Waals surface area contributed by atoms with Gasteiger partial charge in [-0.3, -0.25) is 0 Å². The zero-order valence-corrected chi connectivity index (χ0v) is 12.4. The summed E-state index contributed by atoms with van der Waals surface area (Å²) >= 11 is 0. The summed E-state index contributed by atoms with van der Waals surface area (Å²) in [4.78, 5) is 0. The second-order valence-corrected chi connectivity index (χ2v) is 5.68. The van der Waals surface area contributed by atoms with Gasteiger partial charge in [0.05, 0.1) is 6.10 Å². The molecule has 1 aromatic carbocycles. The fourth-order valence-corrected chi connectivity index (χ4v) is 2.73. The third-order valence-corrected chi connectivity index (χ3v) is 3.90. The van der Waals surface area contributed by atoms with E-state index in [2.05, 4.69) is 29.6 Å². The van der Waals surface area contributed by atoms with Gasteiger partial charge in [0.25, 0.3) is 0 Å². The maximum Gasteiger partial charge on any atom is 0.121 e. The van der Waals surface area contributed by atoms with Crippen LogP contribution in [0.25, 0.3) is 0 Å². The standard InChI is InChI=1S/C17H28N2O/c18-12-5-2-6-13-19-15-8-7-11-17(14-15)20-16-9-3-1-4-10-16/h7-8,11,14,16,19H,1-6,9-10,12-13,18H2. The van der Waals surface area contributed by atoms with E-state index in [-0.39, 0.29) is 0 Å². The van der Waals surface area contributed by atoms with Crippen LogP contribution in [-0.4, -0.2) is 19.2 Å². The van der Waals surface area contributed by atoms with Crippen LogP contribution in [0.1, 0.15) is 51.4 Å². The normalized spacial score (nSPS) is 16.1. The minimum Gasteiger partial charge on any atom is -0.490 e. The summed E-state index contributed by atoms with van der Waals surface area (Å²) in [7, 11) is 0. The van der Waals surface area contributed by atoms with Crippen LogP contribution in [0.5, 0.6) is 5.75 Å². The van der Waals surface area contributed by atoms with E-state index in [1.54, 1.807) is 0 Å². The predicted octanol–water partition coefficient (Wildman–Crippen LogP) is 3.94. The number of unbranched alkanes of at least 4 members (excludes halogenated alkanes) is 2. The van der Waals surface area contributed by atoms with Crippen molar-refractivity contribution in [1.82, 2.24) is 0 Å². The Balaban J connectivity index is 1.75. The monoisotopic (exact) mass is 276 g/mol. The minimum atomic E-state index is 0.420. The fourth-order valence-electron chi connectivity index (χ4n) is 2.73. The van der Waals surface area contributed by atoms with Gasteiger partial charge in [0.1, 0.15) is 5.75 Å². The molecular weight excluding hydrogens is 248 g/mol. The molecule has 20 heavy (non-hydrogen) atoms. The molecule has 0 aliphatic heterocycles. The predicted molar refractivity (Wildman–Crippen MR) is 85.3 cm³/mol. The van der Waals surface area contributed by atoms with Crippen LogP contribution >= 0.6 is 0 Å². The van der Waals surface area contributed by atoms with Gasteiger partial charge in [-0.25, -0.2) is 0 Å². The molecule has 1 aromatic rings. The van der Waals surface area contributed by atoms with Crippen LogP contribution in [0.15, 0.2) is 24.3 Å². The van der Waals surface area contributed by atoms with Crippen LogP contribution < -0.4 is 15.8 Å². The smallest absolute Gasteiger partial charge is 0.121 e. The Morgan fingerprint density at radius 3 is 2.75 bits per heavy atom. The van der Waals surface area contributed by atoms with Crippen molar-refractivity contribution >= 4 is 5.69 Å². The molecule has 0 amide bonds. The molecule has 0 spiro atoms. The lowest BCUT2D eigenvalue weighted by molar-refractivity contribution is 0.155. The highest BCUT2D eigenvalue weighted by atomic mass is 16.5. The molecule has 112 valence electrons. The van der Waals surface area contributed by atoms with Crippen molar-refractivity contribution in [2.24, 2.45) is 5.73 Å². The molecule has 0 unspecified atom stereocenters. The van der Waals surface area contributed by atoms with E-state index in [0.29, 0.717) is 6.10 Å². The molecule has 1 aliphatic carbocycles. The average Bonchev–Trinajstić information content (AvgIpc) is 2.48. The number of nitrogens with one attached hydrogen (secondary N) is 1. The van der Waals surface area contributed by atoms with Crippen LogP contribution in [-0.2, 0) is 0 Å². The zero-order chi connectivity index (χ0) is 14.0. The van der Waals surface area contributed by atoms with Gasteiger partial charge in [-0.1, -0.05) is 18.9 Å². The average molecular weight is 276 g/mol. The summed E-state index contributed by atoms with van der Waals surface area (Å²) in [6, 6.07) is 8.36. The largest absolute Gasteiger partial charge is 0.490 e. The lowest BCUT2D eigenvalue weighted by atomic mass is 9.98. The van der Waals surface area contributed by atoms with Crippen molar-refractivity contribution < 1.29 is 4.74 Å². The number of rotatable bonds is 8. The van der Waals surface area contributed by atoms with E-state index in [1.807, 2.05) is 0 Å². The first-order valence-corrected chi connectivity index (χ1v) is 8.09. The molecule has 3 nitrogen and oxygen atoms in total. The van der Waals surface area contributed by atoms with Crippen molar-refractivity contribution in [3.05, 3.63) is 24.3 Å². The maximum atomic E-state index is 6.08. The number of anilines is 1. The molecule has 0 radical (unpaired) electrons. The highest BCUT2D eigenvalue weighted by molar-refractivity contribution is 5.48. The summed E-state index contributed by atoms with van der Waals surface area (Å²) in [6.45, 7) is 1.80. The first-order chi connectivity index (χ1) is 9.88. The Labute approximate surface area is 122 Å². The Morgan fingerprint density at radius 1 is 1.10 bits per heavy atom. The summed E-state index contributed by atoms with van der Waals surface area (Å²) in [5, 5.41) is 3.46. The second-order valence-electron chi connectivity index (χ2n) is 5.68. The molecular formula is C17H28N2O. The van der Waals surface area contributed by atoms with Crippen molar-refractivity contribution in [1.29, 1.82) is 0 Å². The molecule has 3 N–H and O–H groups in total. The SMILES string of the molecule is NCCCCCNc1cccc(OC2CCCCC2)c1. The summed E-state index contributed by atoms with van der Waals surface area (Å²) in [6.07, 6.45) is 10.3. The third-order valence-electron chi connectivity index (χ3n) is 3.90. The van der Waals surface area contributed by atoms with Gasteiger partial charge in [-0.2, -0.15) is 0 Å². The van der Waals surface area contributed by atoms with Crippen LogP contribution in [0.2, 0.25) is 0 Å². The molecule has 0 atom stereocenters. The number of hydrogen-bond donors (Lipinski definition) is 2. The molecule has 0 aromatic heterocycles. The number of ether oxygens (including phenoxy) is 1. The second kappa shape index (κ2) is 8.85. The highest BCUT2D eigenvalue weighted by Gasteiger charge is 2.14. The molecule has 0 saturated heterocycles. The summed E-state index contributed by atoms with van der Waals surface area (Å²) < 4.78 is 6.08. The van der Waals surface area contributed by atoms with Crippen LogP contribution in [0.4, 0.5) is 5.69 Å². The first kappa shape index (κ1) is 15.2. The highest BCUT2D eigenvalue weighted by Crippen LogP contribution is 2.25. The molecule has 1 aliphatic rings. The first-order valence-electron chi connectivity index (χ1n) is 8.09.